The minimum absolute atomic E-state index is 0.0152. The van der Waals surface area contributed by atoms with Gasteiger partial charge in [0.2, 0.25) is 23.6 Å². The van der Waals surface area contributed by atoms with Gasteiger partial charge in [-0.2, -0.15) is 0 Å². The SMILES string of the molecule is NC(=O)CCC(NC(=O)C(N)Cc1c[nH]c2ccccc12)C(=O)NC(CCCN=C(N)N)C(=O)NC(Cc1cnc[nH]1)C(=O)O. The van der Waals surface area contributed by atoms with Gasteiger partial charge in [-0.3, -0.25) is 24.2 Å². The molecule has 45 heavy (non-hydrogen) atoms. The molecule has 3 aromatic rings. The van der Waals surface area contributed by atoms with Crippen LogP contribution in [-0.4, -0.2) is 86.3 Å². The van der Waals surface area contributed by atoms with Crippen LogP contribution in [0.1, 0.15) is 36.9 Å². The first-order valence-corrected chi connectivity index (χ1v) is 14.2. The summed E-state index contributed by atoms with van der Waals surface area (Å²) in [4.78, 5) is 76.8. The molecule has 4 unspecified atom stereocenters. The van der Waals surface area contributed by atoms with Gasteiger partial charge in [-0.05, 0) is 37.3 Å². The zero-order valence-corrected chi connectivity index (χ0v) is 24.5. The Morgan fingerprint density at radius 2 is 1.56 bits per heavy atom. The van der Waals surface area contributed by atoms with Gasteiger partial charge in [-0.25, -0.2) is 9.78 Å². The van der Waals surface area contributed by atoms with E-state index in [1.165, 1.54) is 12.5 Å². The van der Waals surface area contributed by atoms with Crippen LogP contribution in [0.3, 0.4) is 0 Å². The number of carboxylic acids is 1. The number of carbonyl (C=O) groups is 5. The number of amides is 4. The molecule has 1 aromatic carbocycles. The van der Waals surface area contributed by atoms with E-state index in [1.54, 1.807) is 6.20 Å². The van der Waals surface area contributed by atoms with Crippen molar-refractivity contribution in [3.63, 3.8) is 0 Å². The normalized spacial score (nSPS) is 13.6. The van der Waals surface area contributed by atoms with Crippen LogP contribution in [0.5, 0.6) is 0 Å². The number of imidazole rings is 1. The molecule has 0 spiro atoms. The maximum atomic E-state index is 13.4. The van der Waals surface area contributed by atoms with E-state index >= 15 is 0 Å². The van der Waals surface area contributed by atoms with Crippen LogP contribution in [0.2, 0.25) is 0 Å². The Morgan fingerprint density at radius 3 is 2.20 bits per heavy atom. The molecule has 0 aliphatic heterocycles. The predicted octanol–water partition coefficient (Wildman–Crippen LogP) is -2.14. The number of hydrogen-bond donors (Lipinski definition) is 10. The summed E-state index contributed by atoms with van der Waals surface area (Å²) in [5.74, 6) is -4.44. The summed E-state index contributed by atoms with van der Waals surface area (Å²) in [7, 11) is 0. The lowest BCUT2D eigenvalue weighted by atomic mass is 10.0. The molecule has 0 aliphatic rings. The molecule has 2 aromatic heterocycles. The smallest absolute Gasteiger partial charge is 0.326 e. The molecule has 2 heterocycles. The highest BCUT2D eigenvalue weighted by Gasteiger charge is 2.31. The largest absolute Gasteiger partial charge is 0.480 e. The summed E-state index contributed by atoms with van der Waals surface area (Å²) >= 11 is 0. The molecule has 14 N–H and O–H groups in total. The van der Waals surface area contributed by atoms with Crippen LogP contribution in [0.15, 0.2) is 48.0 Å². The summed E-state index contributed by atoms with van der Waals surface area (Å²) in [5.41, 5.74) is 24.4. The minimum atomic E-state index is -1.34. The predicted molar refractivity (Wildman–Crippen MR) is 164 cm³/mol. The van der Waals surface area contributed by atoms with Gasteiger partial charge in [0, 0.05) is 48.4 Å². The fraction of sp³-hybridized carbons (Fsp3) is 0.393. The van der Waals surface area contributed by atoms with Gasteiger partial charge >= 0.3 is 5.97 Å². The first kappa shape index (κ1) is 34.0. The van der Waals surface area contributed by atoms with Gasteiger partial charge in [0.25, 0.3) is 0 Å². The molecule has 17 nitrogen and oxygen atoms in total. The first-order valence-electron chi connectivity index (χ1n) is 14.2. The van der Waals surface area contributed by atoms with Crippen LogP contribution in [0, 0.1) is 0 Å². The number of carboxylic acid groups (broad SMARTS) is 1. The van der Waals surface area contributed by atoms with Crippen LogP contribution in [0.25, 0.3) is 10.9 Å². The summed E-state index contributed by atoms with van der Waals surface area (Å²) in [6.07, 6.45) is 4.43. The minimum Gasteiger partial charge on any atom is -0.480 e. The molecule has 0 aliphatic carbocycles. The van der Waals surface area contributed by atoms with Crippen molar-refractivity contribution in [1.82, 2.24) is 30.9 Å². The average molecular weight is 626 g/mol. The number of aliphatic imine (C=N–C) groups is 1. The Labute approximate surface area is 258 Å². The van der Waals surface area contributed by atoms with E-state index in [4.69, 9.17) is 22.9 Å². The van der Waals surface area contributed by atoms with E-state index in [0.29, 0.717) is 5.69 Å². The van der Waals surface area contributed by atoms with Crippen molar-refractivity contribution >= 4 is 46.5 Å². The molecular formula is C28H39N11O6. The standard InChI is InChI=1S/C28H39N11O6/c29-18(10-15-12-35-19-5-2-1-4-17(15)19)24(41)37-21(7-8-23(30)40)26(43)38-20(6-3-9-34-28(31)32)25(42)39-22(27(44)45)11-16-13-33-14-36-16/h1-2,4-5,12-14,18,20-22,35H,3,6-11,29H2,(H2,30,40)(H,33,36)(H,37,41)(H,38,43)(H,39,42)(H,44,45)(H4,31,32,34). The maximum absolute atomic E-state index is 13.4. The molecule has 242 valence electrons. The number of primary amides is 1. The summed E-state index contributed by atoms with van der Waals surface area (Å²) < 4.78 is 0. The molecule has 0 radical (unpaired) electrons. The third-order valence-corrected chi connectivity index (χ3v) is 6.94. The number of nitrogens with two attached hydrogens (primary N) is 4. The monoisotopic (exact) mass is 625 g/mol. The molecule has 4 atom stereocenters. The van der Waals surface area contributed by atoms with Crippen LogP contribution >= 0.6 is 0 Å². The molecule has 17 heteroatoms. The topological polar surface area (TPSA) is 303 Å². The Morgan fingerprint density at radius 1 is 0.889 bits per heavy atom. The van der Waals surface area contributed by atoms with E-state index in [-0.39, 0.29) is 51.0 Å². The lowest BCUT2D eigenvalue weighted by molar-refractivity contribution is -0.142. The van der Waals surface area contributed by atoms with E-state index in [0.717, 1.165) is 16.5 Å². The molecule has 0 saturated carbocycles. The Kier molecular flexibility index (Phi) is 12.4. The number of aliphatic carboxylic acids is 1. The lowest BCUT2D eigenvalue weighted by Crippen LogP contribution is -2.57. The Balaban J connectivity index is 1.73. The molecule has 3 rings (SSSR count). The second kappa shape index (κ2) is 16.4. The number of rotatable bonds is 18. The number of H-pyrrole nitrogens is 2. The zero-order valence-electron chi connectivity index (χ0n) is 24.5. The van der Waals surface area contributed by atoms with Crippen LogP contribution < -0.4 is 38.9 Å². The van der Waals surface area contributed by atoms with Crippen molar-refractivity contribution in [2.75, 3.05) is 6.54 Å². The molecule has 0 bridgehead atoms. The van der Waals surface area contributed by atoms with Crippen LogP contribution in [0.4, 0.5) is 0 Å². The van der Waals surface area contributed by atoms with Crippen molar-refractivity contribution in [3.05, 3.63) is 54.2 Å². The highest BCUT2D eigenvalue weighted by molar-refractivity contribution is 5.94. The van der Waals surface area contributed by atoms with Gasteiger partial charge in [0.05, 0.1) is 12.4 Å². The van der Waals surface area contributed by atoms with E-state index in [9.17, 15) is 29.1 Å². The summed E-state index contributed by atoms with van der Waals surface area (Å²) in [6.45, 7) is 0.128. The second-order valence-corrected chi connectivity index (χ2v) is 10.4. The highest BCUT2D eigenvalue weighted by Crippen LogP contribution is 2.19. The first-order chi connectivity index (χ1) is 21.4. The molecule has 0 saturated heterocycles. The van der Waals surface area contributed by atoms with Gasteiger partial charge in [-0.1, -0.05) is 18.2 Å². The van der Waals surface area contributed by atoms with Gasteiger partial charge in [-0.15, -0.1) is 0 Å². The number of hydrogen-bond acceptors (Lipinski definition) is 8. The van der Waals surface area contributed by atoms with Crippen molar-refractivity contribution in [2.24, 2.45) is 27.9 Å². The molecular weight excluding hydrogens is 586 g/mol. The van der Waals surface area contributed by atoms with E-state index in [2.05, 4.69) is 35.9 Å². The number of para-hydroxylation sites is 1. The van der Waals surface area contributed by atoms with Gasteiger partial charge < -0.3 is 54.0 Å². The Bertz CT molecular complexity index is 1500. The number of aromatic nitrogens is 3. The van der Waals surface area contributed by atoms with Gasteiger partial charge in [0.15, 0.2) is 5.96 Å². The number of guanidine groups is 1. The second-order valence-electron chi connectivity index (χ2n) is 10.4. The van der Waals surface area contributed by atoms with Crippen molar-refractivity contribution in [2.45, 2.75) is 62.7 Å². The van der Waals surface area contributed by atoms with Crippen molar-refractivity contribution < 1.29 is 29.1 Å². The number of carbonyl (C=O) groups excluding carboxylic acids is 4. The van der Waals surface area contributed by atoms with Crippen molar-refractivity contribution in [1.29, 1.82) is 0 Å². The van der Waals surface area contributed by atoms with E-state index in [1.807, 2.05) is 24.3 Å². The number of aromatic amines is 2. The maximum Gasteiger partial charge on any atom is 0.326 e. The third-order valence-electron chi connectivity index (χ3n) is 6.94. The van der Waals surface area contributed by atoms with Crippen LogP contribution in [-0.2, 0) is 36.8 Å². The van der Waals surface area contributed by atoms with E-state index < -0.39 is 53.8 Å². The number of nitrogens with zero attached hydrogens (tertiary/aromatic N) is 2. The highest BCUT2D eigenvalue weighted by atomic mass is 16.4. The fourth-order valence-corrected chi connectivity index (χ4v) is 4.60. The molecule has 4 amide bonds. The zero-order chi connectivity index (χ0) is 32.9. The van der Waals surface area contributed by atoms with Gasteiger partial charge in [0.1, 0.15) is 18.1 Å². The number of nitrogens with one attached hydrogen (secondary N) is 5. The summed E-state index contributed by atoms with van der Waals surface area (Å²) in [5, 5.41) is 18.1. The third kappa shape index (κ3) is 10.6. The number of benzene rings is 1. The van der Waals surface area contributed by atoms with Crippen molar-refractivity contribution in [3.8, 4) is 0 Å². The lowest BCUT2D eigenvalue weighted by Gasteiger charge is -2.25. The molecule has 0 fully saturated rings. The number of fused-ring (bicyclic) bond motifs is 1. The average Bonchev–Trinajstić information content (AvgIpc) is 3.66. The fourth-order valence-electron chi connectivity index (χ4n) is 4.60. The quantitative estimate of drug-likeness (QED) is 0.0415. The Hall–Kier alpha value is -5.45. The summed E-state index contributed by atoms with van der Waals surface area (Å²) in [6, 6.07) is 2.57.